The standard InChI is InChI=1S/C9H6Cl2N2OS/c10-6-2-1-3-7(4-6)15-5-8-12-9(11)14-13-8/h1-4H,5H2. The normalized spacial score (nSPS) is 10.5. The summed E-state index contributed by atoms with van der Waals surface area (Å²) in [6, 6.07) is 7.58. The molecule has 0 saturated heterocycles. The van der Waals surface area contributed by atoms with Crippen LogP contribution in [0.15, 0.2) is 33.7 Å². The van der Waals surface area contributed by atoms with Crippen LogP contribution < -0.4 is 0 Å². The summed E-state index contributed by atoms with van der Waals surface area (Å²) in [6.45, 7) is 0. The van der Waals surface area contributed by atoms with Gasteiger partial charge in [-0.1, -0.05) is 22.8 Å². The Labute approximate surface area is 101 Å². The molecule has 1 aromatic carbocycles. The number of nitrogens with zero attached hydrogens (tertiary/aromatic N) is 2. The molecule has 0 unspecified atom stereocenters. The van der Waals surface area contributed by atoms with E-state index in [0.29, 0.717) is 16.6 Å². The van der Waals surface area contributed by atoms with Crippen molar-refractivity contribution in [3.63, 3.8) is 0 Å². The number of benzene rings is 1. The van der Waals surface area contributed by atoms with Crippen LogP contribution in [0.1, 0.15) is 5.82 Å². The molecule has 2 aromatic rings. The molecule has 0 aliphatic carbocycles. The van der Waals surface area contributed by atoms with Crippen LogP contribution in [0.25, 0.3) is 0 Å². The van der Waals surface area contributed by atoms with Crippen LogP contribution in [0.3, 0.4) is 0 Å². The second-order valence-corrected chi connectivity index (χ2v) is 4.52. The van der Waals surface area contributed by atoms with E-state index in [1.807, 2.05) is 24.3 Å². The highest BCUT2D eigenvalue weighted by molar-refractivity contribution is 7.98. The third-order valence-electron chi connectivity index (χ3n) is 1.61. The minimum Gasteiger partial charge on any atom is -0.321 e. The van der Waals surface area contributed by atoms with Gasteiger partial charge >= 0.3 is 5.35 Å². The summed E-state index contributed by atoms with van der Waals surface area (Å²) in [4.78, 5) is 4.94. The maximum absolute atomic E-state index is 5.85. The monoisotopic (exact) mass is 260 g/mol. The Bertz CT molecular complexity index is 461. The zero-order valence-corrected chi connectivity index (χ0v) is 9.81. The number of halogens is 2. The minimum absolute atomic E-state index is 0.0664. The Hall–Kier alpha value is -0.710. The number of rotatable bonds is 3. The molecule has 0 saturated carbocycles. The van der Waals surface area contributed by atoms with Crippen LogP contribution >= 0.6 is 35.0 Å². The Morgan fingerprint density at radius 1 is 1.33 bits per heavy atom. The molecule has 0 fully saturated rings. The molecule has 0 aliphatic rings. The number of hydrogen-bond acceptors (Lipinski definition) is 4. The van der Waals surface area contributed by atoms with Gasteiger partial charge in [0.15, 0.2) is 5.82 Å². The van der Waals surface area contributed by atoms with Gasteiger partial charge < -0.3 is 4.52 Å². The van der Waals surface area contributed by atoms with Gasteiger partial charge in [0.2, 0.25) is 0 Å². The first-order chi connectivity index (χ1) is 7.24. The molecule has 0 radical (unpaired) electrons. The van der Waals surface area contributed by atoms with E-state index in [2.05, 4.69) is 14.7 Å². The summed E-state index contributed by atoms with van der Waals surface area (Å²) >= 11 is 12.9. The smallest absolute Gasteiger partial charge is 0.320 e. The average molecular weight is 261 g/mol. The third-order valence-corrected chi connectivity index (χ3v) is 2.99. The molecule has 1 heterocycles. The van der Waals surface area contributed by atoms with Gasteiger partial charge in [0.1, 0.15) is 0 Å². The predicted molar refractivity (Wildman–Crippen MR) is 60.3 cm³/mol. The highest BCUT2D eigenvalue weighted by atomic mass is 35.5. The van der Waals surface area contributed by atoms with E-state index in [0.717, 1.165) is 4.90 Å². The Morgan fingerprint density at radius 2 is 2.20 bits per heavy atom. The number of aromatic nitrogens is 2. The van der Waals surface area contributed by atoms with Crippen molar-refractivity contribution in [3.05, 3.63) is 40.5 Å². The summed E-state index contributed by atoms with van der Waals surface area (Å²) in [5, 5.41) is 4.46. The fourth-order valence-corrected chi connectivity index (χ4v) is 2.18. The average Bonchev–Trinajstić information content (AvgIpc) is 2.62. The molecular formula is C9H6Cl2N2OS. The lowest BCUT2D eigenvalue weighted by Gasteiger charge is -1.98. The first-order valence-electron chi connectivity index (χ1n) is 4.10. The van der Waals surface area contributed by atoms with Crippen LogP contribution in [0.4, 0.5) is 0 Å². The Kier molecular flexibility index (Phi) is 3.51. The van der Waals surface area contributed by atoms with Crippen molar-refractivity contribution < 1.29 is 4.52 Å². The molecule has 3 nitrogen and oxygen atoms in total. The van der Waals surface area contributed by atoms with Crippen molar-refractivity contribution in [1.29, 1.82) is 0 Å². The Morgan fingerprint density at radius 3 is 2.87 bits per heavy atom. The molecule has 1 aromatic heterocycles. The van der Waals surface area contributed by atoms with E-state index in [1.54, 1.807) is 11.8 Å². The van der Waals surface area contributed by atoms with E-state index in [9.17, 15) is 0 Å². The minimum atomic E-state index is 0.0664. The van der Waals surface area contributed by atoms with Crippen LogP contribution in [0.5, 0.6) is 0 Å². The molecule has 0 amide bonds. The lowest BCUT2D eigenvalue weighted by Crippen LogP contribution is -1.82. The molecule has 0 spiro atoms. The molecular weight excluding hydrogens is 255 g/mol. The van der Waals surface area contributed by atoms with Gasteiger partial charge in [-0.25, -0.2) is 0 Å². The number of hydrogen-bond donors (Lipinski definition) is 0. The molecule has 6 heteroatoms. The van der Waals surface area contributed by atoms with Gasteiger partial charge in [0.05, 0.1) is 5.75 Å². The van der Waals surface area contributed by atoms with Crippen LogP contribution in [0, 0.1) is 0 Å². The molecule has 0 N–H and O–H groups in total. The van der Waals surface area contributed by atoms with Gasteiger partial charge in [-0.15, -0.1) is 11.8 Å². The van der Waals surface area contributed by atoms with Crippen molar-refractivity contribution in [2.45, 2.75) is 10.6 Å². The summed E-state index contributed by atoms with van der Waals surface area (Å²) in [5.41, 5.74) is 0. The second-order valence-electron chi connectivity index (χ2n) is 2.71. The van der Waals surface area contributed by atoms with Gasteiger partial charge in [0.25, 0.3) is 0 Å². The van der Waals surface area contributed by atoms with E-state index in [-0.39, 0.29) is 5.35 Å². The van der Waals surface area contributed by atoms with Crippen molar-refractivity contribution in [3.8, 4) is 0 Å². The van der Waals surface area contributed by atoms with E-state index < -0.39 is 0 Å². The zero-order chi connectivity index (χ0) is 10.7. The summed E-state index contributed by atoms with van der Waals surface area (Å²) in [5.74, 6) is 1.18. The second kappa shape index (κ2) is 4.88. The lowest BCUT2D eigenvalue weighted by atomic mass is 10.4. The molecule has 2 rings (SSSR count). The quantitative estimate of drug-likeness (QED) is 0.790. The molecule has 0 atom stereocenters. The van der Waals surface area contributed by atoms with Crippen molar-refractivity contribution in [1.82, 2.24) is 10.1 Å². The summed E-state index contributed by atoms with van der Waals surface area (Å²) < 4.78 is 4.64. The summed E-state index contributed by atoms with van der Waals surface area (Å²) in [7, 11) is 0. The SMILES string of the molecule is Clc1cccc(SCc2noc(Cl)n2)c1. The molecule has 15 heavy (non-hydrogen) atoms. The zero-order valence-electron chi connectivity index (χ0n) is 7.48. The first kappa shape index (κ1) is 10.8. The first-order valence-corrected chi connectivity index (χ1v) is 5.84. The topological polar surface area (TPSA) is 38.9 Å². The lowest BCUT2D eigenvalue weighted by molar-refractivity contribution is 0.414. The van der Waals surface area contributed by atoms with Crippen LogP contribution in [-0.4, -0.2) is 10.1 Å². The predicted octanol–water partition coefficient (Wildman–Crippen LogP) is 3.67. The third kappa shape index (κ3) is 3.12. The van der Waals surface area contributed by atoms with Gasteiger partial charge in [0, 0.05) is 9.92 Å². The van der Waals surface area contributed by atoms with Crippen LogP contribution in [0.2, 0.25) is 10.4 Å². The number of thioether (sulfide) groups is 1. The van der Waals surface area contributed by atoms with E-state index in [4.69, 9.17) is 23.2 Å². The molecule has 78 valence electrons. The van der Waals surface area contributed by atoms with Crippen molar-refractivity contribution in [2.75, 3.05) is 0 Å². The van der Waals surface area contributed by atoms with Gasteiger partial charge in [-0.05, 0) is 29.8 Å². The molecule has 0 bridgehead atoms. The van der Waals surface area contributed by atoms with Crippen molar-refractivity contribution in [2.24, 2.45) is 0 Å². The van der Waals surface area contributed by atoms with Gasteiger partial charge in [-0.2, -0.15) is 4.98 Å². The highest BCUT2D eigenvalue weighted by Gasteiger charge is 2.04. The van der Waals surface area contributed by atoms with Crippen LogP contribution in [-0.2, 0) is 5.75 Å². The Balaban J connectivity index is 1.99. The maximum Gasteiger partial charge on any atom is 0.320 e. The van der Waals surface area contributed by atoms with E-state index in [1.165, 1.54) is 0 Å². The van der Waals surface area contributed by atoms with E-state index >= 15 is 0 Å². The fourth-order valence-electron chi connectivity index (χ4n) is 0.996. The van der Waals surface area contributed by atoms with Gasteiger partial charge in [-0.3, -0.25) is 0 Å². The fraction of sp³-hybridized carbons (Fsp3) is 0.111. The largest absolute Gasteiger partial charge is 0.321 e. The highest BCUT2D eigenvalue weighted by Crippen LogP contribution is 2.24. The maximum atomic E-state index is 5.85. The summed E-state index contributed by atoms with van der Waals surface area (Å²) in [6.07, 6.45) is 0. The molecule has 0 aliphatic heterocycles. The van der Waals surface area contributed by atoms with Crippen molar-refractivity contribution >= 4 is 35.0 Å².